The number of sulfone groups is 1. The van der Waals surface area contributed by atoms with Crippen LogP contribution in [0.15, 0.2) is 21.7 Å². The number of nitro benzene ring substituents is 1. The Morgan fingerprint density at radius 3 is 2.12 bits per heavy atom. The molecule has 10 nitrogen and oxygen atoms in total. The van der Waals surface area contributed by atoms with Crippen molar-refractivity contribution in [1.82, 2.24) is 13.9 Å². The van der Waals surface area contributed by atoms with E-state index in [4.69, 9.17) is 11.6 Å². The van der Waals surface area contributed by atoms with Gasteiger partial charge >= 0.3 is 11.4 Å². The van der Waals surface area contributed by atoms with E-state index in [2.05, 4.69) is 0 Å². The molecular formula is C12H10ClFN4O6S. The molecule has 2 aromatic rings. The van der Waals surface area contributed by atoms with Crippen molar-refractivity contribution in [2.45, 2.75) is 13.1 Å². The molecule has 0 unspecified atom stereocenters. The molecular weight excluding hydrogens is 383 g/mol. The van der Waals surface area contributed by atoms with Gasteiger partial charge in [0.1, 0.15) is 10.8 Å². The lowest BCUT2D eigenvalue weighted by Gasteiger charge is -2.03. The van der Waals surface area contributed by atoms with Crippen molar-refractivity contribution in [1.29, 1.82) is 0 Å². The van der Waals surface area contributed by atoms with Crippen molar-refractivity contribution in [2.75, 3.05) is 11.5 Å². The van der Waals surface area contributed by atoms with E-state index in [1.54, 1.807) is 0 Å². The first-order chi connectivity index (χ1) is 11.6. The molecule has 1 aromatic carbocycles. The Bertz CT molecular complexity index is 1070. The highest BCUT2D eigenvalue weighted by atomic mass is 35.5. The molecule has 3 rings (SSSR count). The third-order valence-electron chi connectivity index (χ3n) is 3.80. The minimum absolute atomic E-state index is 0.277. The van der Waals surface area contributed by atoms with Crippen LogP contribution in [0.4, 0.5) is 10.1 Å². The fourth-order valence-corrected chi connectivity index (χ4v) is 3.87. The zero-order valence-corrected chi connectivity index (χ0v) is 14.0. The van der Waals surface area contributed by atoms with Gasteiger partial charge in [-0.1, -0.05) is 11.6 Å². The summed E-state index contributed by atoms with van der Waals surface area (Å²) in [4.78, 5) is 35.0. The van der Waals surface area contributed by atoms with Gasteiger partial charge in [0.05, 0.1) is 35.2 Å². The average molecular weight is 393 g/mol. The third-order valence-corrected chi connectivity index (χ3v) is 5.71. The molecule has 0 radical (unpaired) electrons. The summed E-state index contributed by atoms with van der Waals surface area (Å²) in [5.74, 6) is -1.79. The van der Waals surface area contributed by atoms with Crippen LogP contribution >= 0.6 is 11.6 Å². The van der Waals surface area contributed by atoms with Crippen molar-refractivity contribution in [3.8, 4) is 5.69 Å². The lowest BCUT2D eigenvalue weighted by molar-refractivity contribution is -0.384. The second-order valence-electron chi connectivity index (χ2n) is 5.31. The molecule has 0 fully saturated rings. The smallest absolute Gasteiger partial charge is 0.258 e. The number of hydrogen-bond acceptors (Lipinski definition) is 6. The molecule has 1 aromatic heterocycles. The summed E-state index contributed by atoms with van der Waals surface area (Å²) in [5, 5.41) is 10.5. The Morgan fingerprint density at radius 1 is 1.12 bits per heavy atom. The van der Waals surface area contributed by atoms with Gasteiger partial charge in [-0.05, 0) is 0 Å². The first-order valence-electron chi connectivity index (χ1n) is 6.89. The van der Waals surface area contributed by atoms with Crippen LogP contribution in [-0.4, -0.2) is 38.8 Å². The van der Waals surface area contributed by atoms with Crippen LogP contribution in [0.2, 0.25) is 5.02 Å². The monoisotopic (exact) mass is 392 g/mol. The summed E-state index contributed by atoms with van der Waals surface area (Å²) in [7, 11) is -3.41. The van der Waals surface area contributed by atoms with Gasteiger partial charge in [0, 0.05) is 12.1 Å². The quantitative estimate of drug-likeness (QED) is 0.520. The molecule has 134 valence electrons. The maximum atomic E-state index is 14.2. The van der Waals surface area contributed by atoms with Crippen molar-refractivity contribution in [3.05, 3.63) is 54.1 Å². The highest BCUT2D eigenvalue weighted by molar-refractivity contribution is 7.91. The molecule has 0 bridgehead atoms. The van der Waals surface area contributed by atoms with E-state index in [1.165, 1.54) is 0 Å². The molecule has 0 atom stereocenters. The molecule has 0 saturated heterocycles. The third kappa shape index (κ3) is 2.87. The van der Waals surface area contributed by atoms with Crippen LogP contribution < -0.4 is 11.4 Å². The minimum atomic E-state index is -3.41. The van der Waals surface area contributed by atoms with Gasteiger partial charge in [-0.2, -0.15) is 0 Å². The summed E-state index contributed by atoms with van der Waals surface area (Å²) in [6, 6.07) is 1.33. The van der Waals surface area contributed by atoms with Crippen molar-refractivity contribution in [2.24, 2.45) is 0 Å². The van der Waals surface area contributed by atoms with Crippen LogP contribution in [0.1, 0.15) is 0 Å². The lowest BCUT2D eigenvalue weighted by atomic mass is 10.2. The normalized spacial score (nSPS) is 16.2. The Kier molecular flexibility index (Phi) is 4.03. The highest BCUT2D eigenvalue weighted by Gasteiger charge is 2.27. The predicted octanol–water partition coefficient (Wildman–Crippen LogP) is -0.0702. The van der Waals surface area contributed by atoms with E-state index in [-0.39, 0.29) is 24.6 Å². The number of fused-ring (bicyclic) bond motifs is 1. The van der Waals surface area contributed by atoms with Crippen LogP contribution in [0, 0.1) is 15.9 Å². The topological polar surface area (TPSA) is 126 Å². The standard InChI is InChI=1S/C12H10ClFN4O6S/c13-7-5-8(14)10(6-9(7)18(21)22)17-11(19)15-1-3-25(23,24)4-2-16(15)12(17)20/h5-6H,1-4H2. The summed E-state index contributed by atoms with van der Waals surface area (Å²) in [6.07, 6.45) is 0. The molecule has 0 saturated carbocycles. The number of benzene rings is 1. The van der Waals surface area contributed by atoms with E-state index in [0.29, 0.717) is 16.7 Å². The van der Waals surface area contributed by atoms with Crippen LogP contribution in [0.5, 0.6) is 0 Å². The Morgan fingerprint density at radius 2 is 1.64 bits per heavy atom. The maximum absolute atomic E-state index is 14.2. The van der Waals surface area contributed by atoms with Crippen molar-refractivity contribution < 1.29 is 17.7 Å². The molecule has 0 amide bonds. The van der Waals surface area contributed by atoms with E-state index >= 15 is 0 Å². The number of nitrogens with zero attached hydrogens (tertiary/aromatic N) is 4. The van der Waals surface area contributed by atoms with Gasteiger partial charge in [-0.25, -0.2) is 36.3 Å². The highest BCUT2D eigenvalue weighted by Crippen LogP contribution is 2.28. The van der Waals surface area contributed by atoms with E-state index < -0.39 is 48.4 Å². The van der Waals surface area contributed by atoms with Crippen molar-refractivity contribution in [3.63, 3.8) is 0 Å². The van der Waals surface area contributed by atoms with Gasteiger partial charge < -0.3 is 0 Å². The number of rotatable bonds is 2. The summed E-state index contributed by atoms with van der Waals surface area (Å²) in [6.45, 7) is -0.554. The first-order valence-corrected chi connectivity index (χ1v) is 9.09. The predicted molar refractivity (Wildman–Crippen MR) is 84.6 cm³/mol. The molecule has 1 aliphatic rings. The van der Waals surface area contributed by atoms with Crippen LogP contribution in [0.3, 0.4) is 0 Å². The van der Waals surface area contributed by atoms with Gasteiger partial charge in [-0.3, -0.25) is 10.1 Å². The lowest BCUT2D eigenvalue weighted by Crippen LogP contribution is -2.30. The SMILES string of the molecule is O=c1n(-c2cc([N+](=O)[O-])c(Cl)cc2F)c(=O)n2n1CCS(=O)(=O)CC2. The van der Waals surface area contributed by atoms with Gasteiger partial charge in [-0.15, -0.1) is 0 Å². The molecule has 13 heteroatoms. The zero-order valence-electron chi connectivity index (χ0n) is 12.4. The van der Waals surface area contributed by atoms with Crippen LogP contribution in [0.25, 0.3) is 5.69 Å². The molecule has 25 heavy (non-hydrogen) atoms. The summed E-state index contributed by atoms with van der Waals surface area (Å²) in [5.41, 5.74) is -3.27. The van der Waals surface area contributed by atoms with Crippen molar-refractivity contribution >= 4 is 27.1 Å². The molecule has 2 heterocycles. The van der Waals surface area contributed by atoms with E-state index in [0.717, 1.165) is 9.36 Å². The molecule has 1 aliphatic heterocycles. The molecule has 0 aliphatic carbocycles. The fourth-order valence-electron chi connectivity index (χ4n) is 2.55. The Hall–Kier alpha value is -2.47. The average Bonchev–Trinajstić information content (AvgIpc) is 2.64. The summed E-state index contributed by atoms with van der Waals surface area (Å²) >= 11 is 5.59. The van der Waals surface area contributed by atoms with E-state index in [9.17, 15) is 32.5 Å². The number of halogens is 2. The minimum Gasteiger partial charge on any atom is -0.258 e. The van der Waals surface area contributed by atoms with Gasteiger partial charge in [0.2, 0.25) is 0 Å². The largest absolute Gasteiger partial charge is 0.351 e. The van der Waals surface area contributed by atoms with Gasteiger partial charge in [0.15, 0.2) is 9.84 Å². The van der Waals surface area contributed by atoms with Gasteiger partial charge in [0.25, 0.3) is 5.69 Å². The fraction of sp³-hybridized carbons (Fsp3) is 0.333. The zero-order chi connectivity index (χ0) is 18.5. The number of nitro groups is 1. The Balaban J connectivity index is 2.26. The van der Waals surface area contributed by atoms with Crippen LogP contribution in [-0.2, 0) is 22.9 Å². The maximum Gasteiger partial charge on any atom is 0.351 e. The Labute approximate surface area is 143 Å². The summed E-state index contributed by atoms with van der Waals surface area (Å²) < 4.78 is 39.7. The second kappa shape index (κ2) is 5.81. The first kappa shape index (κ1) is 17.4. The molecule has 0 spiro atoms. The molecule has 0 N–H and O–H groups in total. The number of hydrogen-bond donors (Lipinski definition) is 0. The number of aromatic nitrogens is 3. The second-order valence-corrected chi connectivity index (χ2v) is 8.02. The van der Waals surface area contributed by atoms with E-state index in [1.807, 2.05) is 0 Å².